The number of aromatic nitrogens is 1. The molecule has 2 aromatic rings. The maximum absolute atomic E-state index is 11.6. The molecular formula is C15H14BrNO3. The Labute approximate surface area is 125 Å². The van der Waals surface area contributed by atoms with Crippen LogP contribution in [-0.2, 0) is 6.61 Å². The van der Waals surface area contributed by atoms with E-state index in [1.807, 2.05) is 18.2 Å². The molecule has 0 radical (unpaired) electrons. The molecule has 0 bridgehead atoms. The largest absolute Gasteiger partial charge is 0.488 e. The Morgan fingerprint density at radius 3 is 2.85 bits per heavy atom. The lowest BCUT2D eigenvalue weighted by Gasteiger charge is -2.12. The van der Waals surface area contributed by atoms with Gasteiger partial charge in [0.25, 0.3) is 0 Å². The van der Waals surface area contributed by atoms with Crippen LogP contribution in [0.25, 0.3) is 0 Å². The highest BCUT2D eigenvalue weighted by Gasteiger charge is 2.11. The fraction of sp³-hybridized carbons (Fsp3) is 0.200. The topological polar surface area (TPSA) is 48.4 Å². The number of halogens is 1. The van der Waals surface area contributed by atoms with Gasteiger partial charge in [-0.3, -0.25) is 4.79 Å². The molecule has 0 saturated carbocycles. The molecule has 104 valence electrons. The molecule has 1 aromatic carbocycles. The minimum atomic E-state index is -0.0364. The summed E-state index contributed by atoms with van der Waals surface area (Å²) in [4.78, 5) is 15.7. The van der Waals surface area contributed by atoms with E-state index in [4.69, 9.17) is 9.47 Å². The molecule has 5 heteroatoms. The van der Waals surface area contributed by atoms with E-state index >= 15 is 0 Å². The van der Waals surface area contributed by atoms with E-state index in [0.717, 1.165) is 10.0 Å². The second-order valence-electron chi connectivity index (χ2n) is 4.16. The maximum Gasteiger partial charge on any atom is 0.219 e. The monoisotopic (exact) mass is 335 g/mol. The first-order valence-electron chi connectivity index (χ1n) is 6.03. The summed E-state index contributed by atoms with van der Waals surface area (Å²) in [5, 5.41) is 0. The van der Waals surface area contributed by atoms with Crippen molar-refractivity contribution in [3.05, 3.63) is 52.1 Å². The number of ketones is 1. The number of ether oxygens (including phenoxy) is 2. The van der Waals surface area contributed by atoms with Gasteiger partial charge in [-0.1, -0.05) is 15.9 Å². The van der Waals surface area contributed by atoms with Gasteiger partial charge >= 0.3 is 0 Å². The molecule has 2 rings (SSSR count). The summed E-state index contributed by atoms with van der Waals surface area (Å²) in [6.07, 6.45) is 1.66. The first-order valence-corrected chi connectivity index (χ1v) is 6.82. The molecule has 0 saturated heterocycles. The summed E-state index contributed by atoms with van der Waals surface area (Å²) in [5.74, 6) is 1.02. The highest BCUT2D eigenvalue weighted by molar-refractivity contribution is 9.10. The van der Waals surface area contributed by atoms with Gasteiger partial charge in [-0.15, -0.1) is 0 Å². The molecule has 20 heavy (non-hydrogen) atoms. The number of carbonyl (C=O) groups excluding carboxylic acids is 1. The number of rotatable bonds is 5. The quantitative estimate of drug-likeness (QED) is 0.783. The number of benzene rings is 1. The van der Waals surface area contributed by atoms with Gasteiger partial charge < -0.3 is 9.47 Å². The van der Waals surface area contributed by atoms with Crippen LogP contribution in [-0.4, -0.2) is 17.9 Å². The Hall–Kier alpha value is -1.88. The lowest BCUT2D eigenvalue weighted by Crippen LogP contribution is -2.03. The molecule has 0 aliphatic carbocycles. The van der Waals surface area contributed by atoms with Crippen molar-refractivity contribution in [1.82, 2.24) is 4.98 Å². The summed E-state index contributed by atoms with van der Waals surface area (Å²) in [6.45, 7) is 1.80. The van der Waals surface area contributed by atoms with Crippen LogP contribution in [0.15, 0.2) is 41.0 Å². The van der Waals surface area contributed by atoms with E-state index in [0.29, 0.717) is 17.2 Å². The second kappa shape index (κ2) is 6.52. The van der Waals surface area contributed by atoms with E-state index in [9.17, 15) is 4.79 Å². The Morgan fingerprint density at radius 1 is 1.35 bits per heavy atom. The van der Waals surface area contributed by atoms with Crippen molar-refractivity contribution in [3.63, 3.8) is 0 Å². The van der Waals surface area contributed by atoms with Crippen LogP contribution in [0, 0.1) is 0 Å². The van der Waals surface area contributed by atoms with Crippen LogP contribution in [0.5, 0.6) is 11.6 Å². The third kappa shape index (κ3) is 3.36. The van der Waals surface area contributed by atoms with Gasteiger partial charge in [-0.05, 0) is 37.3 Å². The molecule has 0 unspecified atom stereocenters. The van der Waals surface area contributed by atoms with Crippen LogP contribution >= 0.6 is 15.9 Å². The lowest BCUT2D eigenvalue weighted by atomic mass is 10.1. The van der Waals surface area contributed by atoms with Crippen molar-refractivity contribution >= 4 is 21.7 Å². The second-order valence-corrected chi connectivity index (χ2v) is 5.07. The van der Waals surface area contributed by atoms with Gasteiger partial charge in [-0.25, -0.2) is 4.98 Å². The summed E-state index contributed by atoms with van der Waals surface area (Å²) in [6, 6.07) is 9.02. The fourth-order valence-electron chi connectivity index (χ4n) is 1.78. The van der Waals surface area contributed by atoms with E-state index < -0.39 is 0 Å². The van der Waals surface area contributed by atoms with Crippen molar-refractivity contribution in [2.45, 2.75) is 13.5 Å². The minimum absolute atomic E-state index is 0.0364. The number of carbonyl (C=O) groups is 1. The van der Waals surface area contributed by atoms with E-state index in [2.05, 4.69) is 20.9 Å². The van der Waals surface area contributed by atoms with Crippen LogP contribution in [0.2, 0.25) is 0 Å². The number of hydrogen-bond donors (Lipinski definition) is 0. The van der Waals surface area contributed by atoms with Crippen LogP contribution in [0.4, 0.5) is 0 Å². The van der Waals surface area contributed by atoms with Crippen molar-refractivity contribution < 1.29 is 14.3 Å². The molecule has 0 aliphatic heterocycles. The van der Waals surface area contributed by atoms with Crippen molar-refractivity contribution in [2.24, 2.45) is 0 Å². The van der Waals surface area contributed by atoms with Gasteiger partial charge in [0.2, 0.25) is 5.88 Å². The van der Waals surface area contributed by atoms with Gasteiger partial charge in [0, 0.05) is 10.7 Å². The zero-order valence-electron chi connectivity index (χ0n) is 11.2. The molecule has 0 aliphatic rings. The van der Waals surface area contributed by atoms with Crippen molar-refractivity contribution in [3.8, 4) is 11.6 Å². The number of methoxy groups -OCH3 is 1. The smallest absolute Gasteiger partial charge is 0.219 e. The van der Waals surface area contributed by atoms with Gasteiger partial charge in [0.1, 0.15) is 12.4 Å². The molecule has 0 fully saturated rings. The highest BCUT2D eigenvalue weighted by atomic mass is 79.9. The number of pyridine rings is 1. The third-order valence-electron chi connectivity index (χ3n) is 2.75. The Kier molecular flexibility index (Phi) is 4.74. The number of Topliss-reactive ketones (excluding diaryl/α,β-unsaturated/α-hetero) is 1. The van der Waals surface area contributed by atoms with E-state index in [-0.39, 0.29) is 12.4 Å². The molecule has 0 spiro atoms. The first kappa shape index (κ1) is 14.5. The zero-order chi connectivity index (χ0) is 14.5. The predicted molar refractivity (Wildman–Crippen MR) is 79.3 cm³/mol. The predicted octanol–water partition coefficient (Wildman–Crippen LogP) is 3.63. The molecule has 1 heterocycles. The Morgan fingerprint density at radius 2 is 2.15 bits per heavy atom. The molecular weight excluding hydrogens is 322 g/mol. The molecule has 4 nitrogen and oxygen atoms in total. The molecule has 0 N–H and O–H groups in total. The molecule has 0 amide bonds. The summed E-state index contributed by atoms with van der Waals surface area (Å²) < 4.78 is 11.8. The Bertz CT molecular complexity index is 628. The summed E-state index contributed by atoms with van der Waals surface area (Å²) in [5.41, 5.74) is 1.38. The standard InChI is InChI=1S/C15H14BrNO3/c1-10(18)13-6-5-12(16)8-14(13)20-9-11-4-3-7-17-15(11)19-2/h3-8H,9H2,1-2H3. The Balaban J connectivity index is 2.22. The third-order valence-corrected chi connectivity index (χ3v) is 3.24. The van der Waals surface area contributed by atoms with E-state index in [1.165, 1.54) is 6.92 Å². The fourth-order valence-corrected chi connectivity index (χ4v) is 2.12. The maximum atomic E-state index is 11.6. The van der Waals surface area contributed by atoms with Crippen LogP contribution in [0.1, 0.15) is 22.8 Å². The van der Waals surface area contributed by atoms with E-state index in [1.54, 1.807) is 25.4 Å². The molecule has 0 atom stereocenters. The van der Waals surface area contributed by atoms with Crippen LogP contribution < -0.4 is 9.47 Å². The average molecular weight is 336 g/mol. The van der Waals surface area contributed by atoms with Gasteiger partial charge in [0.05, 0.1) is 18.2 Å². The lowest BCUT2D eigenvalue weighted by molar-refractivity contribution is 0.101. The average Bonchev–Trinajstić information content (AvgIpc) is 2.45. The van der Waals surface area contributed by atoms with Gasteiger partial charge in [0.15, 0.2) is 5.78 Å². The SMILES string of the molecule is COc1ncccc1COc1cc(Br)ccc1C(C)=O. The number of hydrogen-bond acceptors (Lipinski definition) is 4. The summed E-state index contributed by atoms with van der Waals surface area (Å²) >= 11 is 3.37. The summed E-state index contributed by atoms with van der Waals surface area (Å²) in [7, 11) is 1.56. The first-order chi connectivity index (χ1) is 9.61. The normalized spacial score (nSPS) is 10.2. The van der Waals surface area contributed by atoms with Crippen molar-refractivity contribution in [2.75, 3.05) is 7.11 Å². The highest BCUT2D eigenvalue weighted by Crippen LogP contribution is 2.26. The molecule has 1 aromatic heterocycles. The zero-order valence-corrected chi connectivity index (χ0v) is 12.8. The van der Waals surface area contributed by atoms with Gasteiger partial charge in [-0.2, -0.15) is 0 Å². The van der Waals surface area contributed by atoms with Crippen LogP contribution in [0.3, 0.4) is 0 Å². The van der Waals surface area contributed by atoms with Crippen molar-refractivity contribution in [1.29, 1.82) is 0 Å². The minimum Gasteiger partial charge on any atom is -0.488 e. The number of nitrogens with zero attached hydrogens (tertiary/aromatic N) is 1.